The number of rotatable bonds is 5. The maximum Gasteiger partial charge on any atom is 0.417 e. The molecule has 1 amide bonds. The van der Waals surface area contributed by atoms with Gasteiger partial charge in [0.2, 0.25) is 0 Å². The van der Waals surface area contributed by atoms with E-state index in [1.807, 2.05) is 0 Å². The molecular formula is C15H20ClF3N2O2. The Labute approximate surface area is 139 Å². The van der Waals surface area contributed by atoms with Crippen LogP contribution in [0.2, 0.25) is 0 Å². The van der Waals surface area contributed by atoms with Gasteiger partial charge in [0.25, 0.3) is 5.91 Å². The minimum atomic E-state index is -4.55. The number of ether oxygens (including phenoxy) is 1. The first-order chi connectivity index (χ1) is 10.4. The van der Waals surface area contributed by atoms with Crippen molar-refractivity contribution in [2.24, 2.45) is 0 Å². The quantitative estimate of drug-likeness (QED) is 0.856. The molecule has 0 aromatic heterocycles. The molecule has 0 aliphatic carbocycles. The zero-order valence-corrected chi connectivity index (χ0v) is 13.5. The maximum absolute atomic E-state index is 12.9. The number of hydrogen-bond acceptors (Lipinski definition) is 3. The second-order valence-electron chi connectivity index (χ2n) is 5.47. The van der Waals surface area contributed by atoms with Crippen molar-refractivity contribution in [1.82, 2.24) is 10.6 Å². The number of halogens is 4. The van der Waals surface area contributed by atoms with Gasteiger partial charge in [0.05, 0.1) is 23.3 Å². The summed E-state index contributed by atoms with van der Waals surface area (Å²) in [7, 11) is 1.56. The predicted molar refractivity (Wildman–Crippen MR) is 82.9 cm³/mol. The van der Waals surface area contributed by atoms with Gasteiger partial charge >= 0.3 is 6.18 Å². The molecule has 2 rings (SSSR count). The predicted octanol–water partition coefficient (Wildman–Crippen LogP) is 2.63. The van der Waals surface area contributed by atoms with Crippen LogP contribution in [-0.4, -0.2) is 38.3 Å². The molecule has 4 nitrogen and oxygen atoms in total. The Bertz CT molecular complexity index is 532. The van der Waals surface area contributed by atoms with Crippen LogP contribution in [0.15, 0.2) is 24.3 Å². The Kier molecular flexibility index (Phi) is 6.85. The Morgan fingerprint density at radius 3 is 2.65 bits per heavy atom. The molecule has 0 saturated carbocycles. The lowest BCUT2D eigenvalue weighted by Crippen LogP contribution is -2.53. The summed E-state index contributed by atoms with van der Waals surface area (Å²) in [5, 5.41) is 5.86. The standard InChI is InChI=1S/C15H19F3N2O2.ClH/c1-22-10-14(7-4-8-20-14)9-19-13(21)11-5-2-3-6-12(11)15(16,17)18;/h2-3,5-6,20H,4,7-10H2,1H3,(H,19,21);1H. The van der Waals surface area contributed by atoms with Crippen molar-refractivity contribution in [3.63, 3.8) is 0 Å². The fourth-order valence-corrected chi connectivity index (χ4v) is 2.74. The summed E-state index contributed by atoms with van der Waals surface area (Å²) in [6.45, 7) is 1.43. The molecule has 1 unspecified atom stereocenters. The first-order valence-corrected chi connectivity index (χ1v) is 7.06. The third-order valence-electron chi connectivity index (χ3n) is 3.82. The van der Waals surface area contributed by atoms with Crippen LogP contribution in [0.3, 0.4) is 0 Å². The molecule has 23 heavy (non-hydrogen) atoms. The monoisotopic (exact) mass is 352 g/mol. The zero-order chi connectivity index (χ0) is 16.2. The van der Waals surface area contributed by atoms with E-state index in [2.05, 4.69) is 10.6 Å². The molecule has 0 radical (unpaired) electrons. The highest BCUT2D eigenvalue weighted by atomic mass is 35.5. The Balaban J connectivity index is 0.00000264. The van der Waals surface area contributed by atoms with Crippen LogP contribution in [0.1, 0.15) is 28.8 Å². The molecule has 1 fully saturated rings. The van der Waals surface area contributed by atoms with Crippen molar-refractivity contribution in [2.75, 3.05) is 26.8 Å². The molecule has 1 aliphatic rings. The molecule has 1 atom stereocenters. The number of carbonyl (C=O) groups excluding carboxylic acids is 1. The van der Waals surface area contributed by atoms with E-state index in [0.717, 1.165) is 25.5 Å². The number of hydrogen-bond donors (Lipinski definition) is 2. The largest absolute Gasteiger partial charge is 0.417 e. The average molecular weight is 353 g/mol. The average Bonchev–Trinajstić information content (AvgIpc) is 2.93. The van der Waals surface area contributed by atoms with E-state index in [1.54, 1.807) is 7.11 Å². The van der Waals surface area contributed by atoms with Crippen LogP contribution in [0.4, 0.5) is 13.2 Å². The van der Waals surface area contributed by atoms with Gasteiger partial charge in [-0.3, -0.25) is 4.79 Å². The SMILES string of the molecule is COCC1(CNC(=O)c2ccccc2C(F)(F)F)CCCN1.Cl. The lowest BCUT2D eigenvalue weighted by molar-refractivity contribution is -0.137. The molecule has 1 heterocycles. The molecular weight excluding hydrogens is 333 g/mol. The first-order valence-electron chi connectivity index (χ1n) is 7.06. The molecule has 1 aliphatic heterocycles. The lowest BCUT2D eigenvalue weighted by atomic mass is 9.98. The summed E-state index contributed by atoms with van der Waals surface area (Å²) in [4.78, 5) is 12.1. The molecule has 1 saturated heterocycles. The Morgan fingerprint density at radius 2 is 2.09 bits per heavy atom. The van der Waals surface area contributed by atoms with Crippen LogP contribution in [0.25, 0.3) is 0 Å². The smallest absolute Gasteiger partial charge is 0.383 e. The maximum atomic E-state index is 12.9. The first kappa shape index (κ1) is 19.7. The van der Waals surface area contributed by atoms with Crippen LogP contribution < -0.4 is 10.6 Å². The fourth-order valence-electron chi connectivity index (χ4n) is 2.74. The van der Waals surface area contributed by atoms with Crippen LogP contribution in [0.5, 0.6) is 0 Å². The van der Waals surface area contributed by atoms with E-state index in [-0.39, 0.29) is 24.5 Å². The molecule has 1 aromatic rings. The van der Waals surface area contributed by atoms with Crippen molar-refractivity contribution in [3.05, 3.63) is 35.4 Å². The van der Waals surface area contributed by atoms with Gasteiger partial charge < -0.3 is 15.4 Å². The van der Waals surface area contributed by atoms with Gasteiger partial charge in [-0.2, -0.15) is 13.2 Å². The summed E-state index contributed by atoms with van der Waals surface area (Å²) >= 11 is 0. The molecule has 2 N–H and O–H groups in total. The highest BCUT2D eigenvalue weighted by molar-refractivity contribution is 5.95. The van der Waals surface area contributed by atoms with Gasteiger partial charge in [0, 0.05) is 13.7 Å². The lowest BCUT2D eigenvalue weighted by Gasteiger charge is -2.29. The van der Waals surface area contributed by atoms with Crippen molar-refractivity contribution >= 4 is 18.3 Å². The number of nitrogens with one attached hydrogen (secondary N) is 2. The second kappa shape index (κ2) is 7.99. The van der Waals surface area contributed by atoms with Crippen molar-refractivity contribution in [3.8, 4) is 0 Å². The van der Waals surface area contributed by atoms with Gasteiger partial charge in [-0.25, -0.2) is 0 Å². The Hall–Kier alpha value is -1.31. The summed E-state index contributed by atoms with van der Waals surface area (Å²) in [6.07, 6.45) is -2.80. The highest BCUT2D eigenvalue weighted by Gasteiger charge is 2.37. The number of carbonyl (C=O) groups is 1. The van der Waals surface area contributed by atoms with Gasteiger partial charge in [-0.1, -0.05) is 12.1 Å². The normalized spacial score (nSPS) is 20.9. The van der Waals surface area contributed by atoms with Crippen molar-refractivity contribution < 1.29 is 22.7 Å². The van der Waals surface area contributed by atoms with Crippen molar-refractivity contribution in [2.45, 2.75) is 24.6 Å². The van der Waals surface area contributed by atoms with Crippen LogP contribution >= 0.6 is 12.4 Å². The third-order valence-corrected chi connectivity index (χ3v) is 3.82. The minimum Gasteiger partial charge on any atom is -0.383 e. The summed E-state index contributed by atoms with van der Waals surface area (Å²) in [5.41, 5.74) is -1.69. The molecule has 1 aromatic carbocycles. The number of benzene rings is 1. The van der Waals surface area contributed by atoms with Crippen molar-refractivity contribution in [1.29, 1.82) is 0 Å². The summed E-state index contributed by atoms with van der Waals surface area (Å²) in [6, 6.07) is 4.78. The van der Waals surface area contributed by atoms with E-state index >= 15 is 0 Å². The van der Waals surface area contributed by atoms with E-state index in [4.69, 9.17) is 4.74 Å². The van der Waals surface area contributed by atoms with Gasteiger partial charge in [-0.05, 0) is 31.5 Å². The van der Waals surface area contributed by atoms with E-state index in [1.165, 1.54) is 18.2 Å². The number of methoxy groups -OCH3 is 1. The zero-order valence-electron chi connectivity index (χ0n) is 12.7. The van der Waals surface area contributed by atoms with Crippen LogP contribution in [0, 0.1) is 0 Å². The summed E-state index contributed by atoms with van der Waals surface area (Å²) < 4.78 is 44.0. The van der Waals surface area contributed by atoms with Gasteiger partial charge in [0.15, 0.2) is 0 Å². The number of amides is 1. The highest BCUT2D eigenvalue weighted by Crippen LogP contribution is 2.31. The fraction of sp³-hybridized carbons (Fsp3) is 0.533. The second-order valence-corrected chi connectivity index (χ2v) is 5.47. The topological polar surface area (TPSA) is 50.4 Å². The van der Waals surface area contributed by atoms with E-state index < -0.39 is 23.2 Å². The number of alkyl halides is 3. The Morgan fingerprint density at radius 1 is 1.39 bits per heavy atom. The molecule has 130 valence electrons. The third kappa shape index (κ3) is 4.83. The van der Waals surface area contributed by atoms with E-state index in [0.29, 0.717) is 6.61 Å². The summed E-state index contributed by atoms with van der Waals surface area (Å²) in [5.74, 6) is -0.725. The van der Waals surface area contributed by atoms with Crippen LogP contribution in [-0.2, 0) is 10.9 Å². The molecule has 0 bridgehead atoms. The van der Waals surface area contributed by atoms with Gasteiger partial charge in [-0.15, -0.1) is 12.4 Å². The molecule has 0 spiro atoms. The molecule has 8 heteroatoms. The van der Waals surface area contributed by atoms with E-state index in [9.17, 15) is 18.0 Å². The van der Waals surface area contributed by atoms with Gasteiger partial charge in [0.1, 0.15) is 0 Å². The minimum absolute atomic E-state index is 0.